The van der Waals surface area contributed by atoms with Crippen molar-refractivity contribution in [1.29, 1.82) is 0 Å². The van der Waals surface area contributed by atoms with E-state index < -0.39 is 21.7 Å². The Morgan fingerprint density at radius 2 is 1.79 bits per heavy atom. The molecule has 1 heterocycles. The van der Waals surface area contributed by atoms with Crippen LogP contribution in [0.25, 0.3) is 0 Å². The second-order valence-corrected chi connectivity index (χ2v) is 15.3. The summed E-state index contributed by atoms with van der Waals surface area (Å²) < 4.78 is 42.4. The first-order valence-electron chi connectivity index (χ1n) is 15.2. The Balaban J connectivity index is 1.48. The first kappa shape index (κ1) is 35.9. The van der Waals surface area contributed by atoms with Crippen LogP contribution in [0.1, 0.15) is 73.8 Å². The number of esters is 1. The molecule has 0 spiro atoms. The van der Waals surface area contributed by atoms with Crippen LogP contribution in [0, 0.1) is 0 Å². The van der Waals surface area contributed by atoms with E-state index in [1.165, 1.54) is 23.5 Å². The number of hydrogen-bond acceptors (Lipinski definition) is 9. The predicted molar refractivity (Wildman–Crippen MR) is 185 cm³/mol. The first-order valence-corrected chi connectivity index (χ1v) is 18.1. The number of ether oxygens (including phenoxy) is 3. The summed E-state index contributed by atoms with van der Waals surface area (Å²) in [6, 6.07) is 18.0. The molecule has 0 aliphatic rings. The van der Waals surface area contributed by atoms with Crippen molar-refractivity contribution in [1.82, 2.24) is 4.98 Å². The number of sulfone groups is 1. The molecule has 1 amide bonds. The van der Waals surface area contributed by atoms with Gasteiger partial charge in [0.05, 0.1) is 28.6 Å². The van der Waals surface area contributed by atoms with E-state index in [9.17, 15) is 18.0 Å². The maximum atomic E-state index is 13.5. The second kappa shape index (κ2) is 15.8. The maximum Gasteiger partial charge on any atom is 0.344 e. The number of aryl methyl sites for hydroxylation is 1. The topological polar surface area (TPSA) is 121 Å². The number of benzene rings is 3. The number of carbonyl (C=O) groups excluding carboxylic acids is 2. The van der Waals surface area contributed by atoms with Gasteiger partial charge in [0.2, 0.25) is 0 Å². The fourth-order valence-corrected chi connectivity index (χ4v) is 6.97. The molecule has 4 aromatic rings. The zero-order valence-corrected chi connectivity index (χ0v) is 29.4. The van der Waals surface area contributed by atoms with Crippen molar-refractivity contribution in [3.8, 4) is 11.5 Å². The number of amides is 1. The molecule has 3 aromatic carbocycles. The van der Waals surface area contributed by atoms with Crippen molar-refractivity contribution in [3.63, 3.8) is 0 Å². The van der Waals surface area contributed by atoms with E-state index in [4.69, 9.17) is 30.8 Å². The van der Waals surface area contributed by atoms with Gasteiger partial charge in [0.1, 0.15) is 22.6 Å². The van der Waals surface area contributed by atoms with Gasteiger partial charge in [-0.3, -0.25) is 4.79 Å². The summed E-state index contributed by atoms with van der Waals surface area (Å²) in [5.74, 6) is -0.261. The highest BCUT2D eigenvalue weighted by atomic mass is 35.5. The number of rotatable bonds is 14. The number of aromatic nitrogens is 1. The smallest absolute Gasteiger partial charge is 0.344 e. The number of hydrogen-bond donors (Lipinski definition) is 1. The summed E-state index contributed by atoms with van der Waals surface area (Å²) in [6.45, 7) is 9.80. The summed E-state index contributed by atoms with van der Waals surface area (Å²) in [4.78, 5) is 30.4. The maximum absolute atomic E-state index is 13.5. The highest BCUT2D eigenvalue weighted by Gasteiger charge is 2.21. The molecule has 0 radical (unpaired) electrons. The molecule has 0 saturated heterocycles. The lowest BCUT2D eigenvalue weighted by atomic mass is 9.93. The van der Waals surface area contributed by atoms with E-state index in [0.717, 1.165) is 16.3 Å². The van der Waals surface area contributed by atoms with Crippen LogP contribution in [0.15, 0.2) is 77.0 Å². The van der Waals surface area contributed by atoms with Gasteiger partial charge in [-0.15, -0.1) is 11.3 Å². The molecule has 9 nitrogen and oxygen atoms in total. The van der Waals surface area contributed by atoms with Gasteiger partial charge in [-0.25, -0.2) is 18.2 Å². The summed E-state index contributed by atoms with van der Waals surface area (Å²) >= 11 is 7.43. The van der Waals surface area contributed by atoms with E-state index in [-0.39, 0.29) is 41.1 Å². The predicted octanol–water partition coefficient (Wildman–Crippen LogP) is 7.83. The van der Waals surface area contributed by atoms with Crippen LogP contribution in [0.5, 0.6) is 11.5 Å². The van der Waals surface area contributed by atoms with Crippen LogP contribution < -0.4 is 14.8 Å². The van der Waals surface area contributed by atoms with E-state index >= 15 is 0 Å². The van der Waals surface area contributed by atoms with Crippen molar-refractivity contribution < 1.29 is 32.2 Å². The highest BCUT2D eigenvalue weighted by Crippen LogP contribution is 2.31. The van der Waals surface area contributed by atoms with Crippen LogP contribution in [-0.4, -0.2) is 44.2 Å². The highest BCUT2D eigenvalue weighted by molar-refractivity contribution is 7.91. The minimum atomic E-state index is -3.50. The lowest BCUT2D eigenvalue weighted by molar-refractivity contribution is -0.145. The van der Waals surface area contributed by atoms with Gasteiger partial charge in [0, 0.05) is 21.4 Å². The third-order valence-corrected chi connectivity index (χ3v) is 10.1. The number of anilines is 1. The van der Waals surface area contributed by atoms with Crippen molar-refractivity contribution in [2.45, 2.75) is 63.9 Å². The number of nitrogens with one attached hydrogen (secondary N) is 1. The van der Waals surface area contributed by atoms with E-state index in [1.807, 2.05) is 12.3 Å². The average molecular weight is 699 g/mol. The summed E-state index contributed by atoms with van der Waals surface area (Å²) in [5, 5.41) is 6.22. The van der Waals surface area contributed by atoms with Gasteiger partial charge in [-0.1, -0.05) is 44.5 Å². The van der Waals surface area contributed by atoms with Gasteiger partial charge < -0.3 is 19.5 Å². The van der Waals surface area contributed by atoms with Crippen LogP contribution in [0.4, 0.5) is 5.69 Å². The minimum absolute atomic E-state index is 0.0683. The zero-order valence-electron chi connectivity index (χ0n) is 27.0. The molecule has 0 bridgehead atoms. The van der Waals surface area contributed by atoms with E-state index in [2.05, 4.69) is 26.1 Å². The van der Waals surface area contributed by atoms with Crippen LogP contribution in [0.2, 0.25) is 5.02 Å². The Morgan fingerprint density at radius 1 is 1.04 bits per heavy atom. The molecule has 1 aromatic heterocycles. The quantitative estimate of drug-likeness (QED) is 0.132. The lowest BCUT2D eigenvalue weighted by Crippen LogP contribution is -2.17. The van der Waals surface area contributed by atoms with E-state index in [1.54, 1.807) is 61.5 Å². The molecule has 250 valence electrons. The Kier molecular flexibility index (Phi) is 12.1. The molecule has 12 heteroatoms. The SMILES string of the molecule is CCOC(=O)COc1ccc(CCCS(=O)(=O)c2ccc(Cl)cc2)cc1NC(=O)c1cccc(OC(C)c2nc(C(C)(C)C)cs2)c1. The minimum Gasteiger partial charge on any atom is -0.484 e. The molecule has 1 unspecified atom stereocenters. The fraction of sp³-hybridized carbons (Fsp3) is 0.343. The molecule has 0 aliphatic carbocycles. The number of nitrogens with zero attached hydrogens (tertiary/aromatic N) is 1. The van der Waals surface area contributed by atoms with Gasteiger partial charge in [0.25, 0.3) is 5.91 Å². The monoisotopic (exact) mass is 698 g/mol. The van der Waals surface area contributed by atoms with Crippen molar-refractivity contribution in [2.75, 3.05) is 24.3 Å². The zero-order chi connectivity index (χ0) is 34.2. The molecule has 47 heavy (non-hydrogen) atoms. The molecule has 4 rings (SSSR count). The van der Waals surface area contributed by atoms with Gasteiger partial charge in [0.15, 0.2) is 16.4 Å². The van der Waals surface area contributed by atoms with Crippen LogP contribution in [0.3, 0.4) is 0 Å². The summed E-state index contributed by atoms with van der Waals surface area (Å²) in [6.07, 6.45) is 0.440. The lowest BCUT2D eigenvalue weighted by Gasteiger charge is -2.16. The molecule has 1 N–H and O–H groups in total. The fourth-order valence-electron chi connectivity index (χ4n) is 4.50. The Bertz CT molecular complexity index is 1800. The van der Waals surface area contributed by atoms with Crippen LogP contribution in [-0.2, 0) is 31.2 Å². The normalized spacial score (nSPS) is 12.3. The average Bonchev–Trinajstić information content (AvgIpc) is 3.53. The van der Waals surface area contributed by atoms with Gasteiger partial charge in [-0.05, 0) is 86.8 Å². The first-order chi connectivity index (χ1) is 22.2. The largest absolute Gasteiger partial charge is 0.484 e. The van der Waals surface area contributed by atoms with Gasteiger partial charge >= 0.3 is 5.97 Å². The molecule has 0 saturated carbocycles. The van der Waals surface area contributed by atoms with Gasteiger partial charge in [-0.2, -0.15) is 0 Å². The number of carbonyl (C=O) groups is 2. The number of thiazole rings is 1. The Morgan fingerprint density at radius 3 is 2.47 bits per heavy atom. The third kappa shape index (κ3) is 10.3. The standard InChI is InChI=1S/C35H39ClN2O7S2/c1-6-43-32(39)21-44-30-17-12-24(9-8-18-47(41,42)28-15-13-26(36)14-16-28)19-29(30)37-33(40)25-10-7-11-27(20-25)45-23(2)34-38-31(22-46-34)35(3,4)5/h7,10-17,19-20,22-23H,6,8-9,18,21H2,1-5H3,(H,37,40). The van der Waals surface area contributed by atoms with Crippen LogP contribution >= 0.6 is 22.9 Å². The molecular formula is C35H39ClN2O7S2. The molecule has 0 aliphatic heterocycles. The third-order valence-electron chi connectivity index (χ3n) is 7.04. The Hall–Kier alpha value is -3.93. The number of halogens is 1. The molecule has 0 fully saturated rings. The Labute approximate surface area is 285 Å². The summed E-state index contributed by atoms with van der Waals surface area (Å²) in [5.41, 5.74) is 2.37. The van der Waals surface area contributed by atoms with E-state index in [0.29, 0.717) is 34.9 Å². The van der Waals surface area contributed by atoms with Crippen molar-refractivity contribution >= 4 is 50.3 Å². The van der Waals surface area contributed by atoms with Crippen molar-refractivity contribution in [3.05, 3.63) is 99.0 Å². The summed E-state index contributed by atoms with van der Waals surface area (Å²) in [7, 11) is -3.50. The molecular weight excluding hydrogens is 660 g/mol. The molecule has 1 atom stereocenters. The second-order valence-electron chi connectivity index (χ2n) is 11.9. The van der Waals surface area contributed by atoms with Crippen molar-refractivity contribution in [2.24, 2.45) is 0 Å².